The number of piperidine rings is 1. The van der Waals surface area contributed by atoms with E-state index in [1.165, 1.54) is 5.56 Å². The SMILES string of the molecule is NC1CCCN(C(=O)C=Cc2cn(Cc3ccccc3)nc2-c2cccnc2)C1. The van der Waals surface area contributed by atoms with Crippen LogP contribution in [0.5, 0.6) is 0 Å². The van der Waals surface area contributed by atoms with Crippen molar-refractivity contribution in [1.29, 1.82) is 0 Å². The van der Waals surface area contributed by atoms with Gasteiger partial charge in [-0.15, -0.1) is 0 Å². The molecule has 1 atom stereocenters. The Bertz CT molecular complexity index is 981. The predicted octanol–water partition coefficient (Wildman–Crippen LogP) is 2.96. The number of hydrogen-bond acceptors (Lipinski definition) is 4. The number of nitrogens with two attached hydrogens (primary N) is 1. The maximum absolute atomic E-state index is 12.6. The average Bonchev–Trinajstić information content (AvgIpc) is 3.16. The van der Waals surface area contributed by atoms with Crippen LogP contribution in [0.1, 0.15) is 24.0 Å². The smallest absolute Gasteiger partial charge is 0.246 e. The second kappa shape index (κ2) is 8.84. The summed E-state index contributed by atoms with van der Waals surface area (Å²) in [5.41, 5.74) is 9.81. The summed E-state index contributed by atoms with van der Waals surface area (Å²) in [6, 6.07) is 14.1. The maximum atomic E-state index is 12.6. The molecule has 1 aromatic carbocycles. The van der Waals surface area contributed by atoms with E-state index in [-0.39, 0.29) is 11.9 Å². The molecule has 2 aromatic heterocycles. The van der Waals surface area contributed by atoms with Crippen molar-refractivity contribution in [2.45, 2.75) is 25.4 Å². The lowest BCUT2D eigenvalue weighted by molar-refractivity contribution is -0.127. The van der Waals surface area contributed by atoms with Crippen molar-refractivity contribution < 1.29 is 4.79 Å². The van der Waals surface area contributed by atoms with Crippen molar-refractivity contribution in [2.75, 3.05) is 13.1 Å². The van der Waals surface area contributed by atoms with E-state index >= 15 is 0 Å². The molecular formula is C23H25N5O. The van der Waals surface area contributed by atoms with Gasteiger partial charge in [0.05, 0.1) is 6.54 Å². The van der Waals surface area contributed by atoms with Crippen molar-refractivity contribution in [3.63, 3.8) is 0 Å². The third-order valence-electron chi connectivity index (χ3n) is 5.09. The number of hydrogen-bond donors (Lipinski definition) is 1. The van der Waals surface area contributed by atoms with Crippen molar-refractivity contribution in [3.05, 3.63) is 78.3 Å². The molecule has 4 rings (SSSR count). The molecule has 1 saturated heterocycles. The van der Waals surface area contributed by atoms with E-state index < -0.39 is 0 Å². The summed E-state index contributed by atoms with van der Waals surface area (Å²) in [4.78, 5) is 18.6. The highest BCUT2D eigenvalue weighted by Gasteiger charge is 2.19. The molecule has 1 unspecified atom stereocenters. The van der Waals surface area contributed by atoms with Crippen LogP contribution < -0.4 is 5.73 Å². The zero-order valence-corrected chi connectivity index (χ0v) is 16.3. The van der Waals surface area contributed by atoms with Crippen LogP contribution in [0, 0.1) is 0 Å². The summed E-state index contributed by atoms with van der Waals surface area (Å²) in [6.07, 6.45) is 10.9. The van der Waals surface area contributed by atoms with Crippen molar-refractivity contribution >= 4 is 12.0 Å². The molecule has 0 spiro atoms. The molecule has 1 aliphatic heterocycles. The first kappa shape index (κ1) is 19.1. The second-order valence-electron chi connectivity index (χ2n) is 7.38. The third kappa shape index (κ3) is 4.78. The van der Waals surface area contributed by atoms with Gasteiger partial charge in [0.15, 0.2) is 0 Å². The Morgan fingerprint density at radius 1 is 1.21 bits per heavy atom. The molecule has 6 nitrogen and oxygen atoms in total. The van der Waals surface area contributed by atoms with E-state index in [9.17, 15) is 4.79 Å². The Kier molecular flexibility index (Phi) is 5.81. The Hall–Kier alpha value is -3.25. The first-order valence-corrected chi connectivity index (χ1v) is 9.93. The number of likely N-dealkylation sites (tertiary alicyclic amines) is 1. The van der Waals surface area contributed by atoms with Crippen LogP contribution in [0.4, 0.5) is 0 Å². The van der Waals surface area contributed by atoms with E-state index in [0.717, 1.165) is 36.2 Å². The minimum atomic E-state index is -0.00639. The van der Waals surface area contributed by atoms with Crippen LogP contribution in [0.15, 0.2) is 67.1 Å². The van der Waals surface area contributed by atoms with E-state index in [2.05, 4.69) is 17.1 Å². The molecule has 1 aliphatic rings. The van der Waals surface area contributed by atoms with Gasteiger partial charge in [-0.25, -0.2) is 0 Å². The standard InChI is InChI=1S/C23H25N5O/c24-21-9-5-13-27(17-21)22(29)11-10-20-16-28(15-18-6-2-1-3-7-18)26-23(20)19-8-4-12-25-14-19/h1-4,6-8,10-12,14,16,21H,5,9,13,15,17,24H2. The summed E-state index contributed by atoms with van der Waals surface area (Å²) >= 11 is 0. The third-order valence-corrected chi connectivity index (χ3v) is 5.09. The molecule has 0 aliphatic carbocycles. The number of pyridine rings is 1. The van der Waals surface area contributed by atoms with E-state index in [0.29, 0.717) is 13.1 Å². The lowest BCUT2D eigenvalue weighted by atomic mass is 10.1. The first-order valence-electron chi connectivity index (χ1n) is 9.93. The van der Waals surface area contributed by atoms with Gasteiger partial charge in [0.2, 0.25) is 5.91 Å². The summed E-state index contributed by atoms with van der Waals surface area (Å²) in [5.74, 6) is -0.00639. The number of rotatable bonds is 5. The number of amides is 1. The molecule has 1 amide bonds. The number of carbonyl (C=O) groups is 1. The molecule has 148 valence electrons. The number of benzene rings is 1. The van der Waals surface area contributed by atoms with Gasteiger partial charge in [-0.3, -0.25) is 14.5 Å². The molecule has 2 N–H and O–H groups in total. The molecule has 29 heavy (non-hydrogen) atoms. The molecule has 1 fully saturated rings. The highest BCUT2D eigenvalue weighted by Crippen LogP contribution is 2.23. The second-order valence-corrected chi connectivity index (χ2v) is 7.38. The van der Waals surface area contributed by atoms with Crippen molar-refractivity contribution in [3.8, 4) is 11.3 Å². The molecule has 6 heteroatoms. The van der Waals surface area contributed by atoms with Gasteiger partial charge in [-0.05, 0) is 36.6 Å². The Morgan fingerprint density at radius 2 is 2.07 bits per heavy atom. The van der Waals surface area contributed by atoms with Gasteiger partial charge in [0.25, 0.3) is 0 Å². The minimum absolute atomic E-state index is 0.00639. The highest BCUT2D eigenvalue weighted by atomic mass is 16.2. The fourth-order valence-corrected chi connectivity index (χ4v) is 3.61. The van der Waals surface area contributed by atoms with Crippen LogP contribution in [0.25, 0.3) is 17.3 Å². The van der Waals surface area contributed by atoms with E-state index in [1.54, 1.807) is 18.5 Å². The molecular weight excluding hydrogens is 362 g/mol. The molecule has 0 saturated carbocycles. The Balaban J connectivity index is 1.59. The average molecular weight is 387 g/mol. The van der Waals surface area contributed by atoms with Crippen LogP contribution in [0.3, 0.4) is 0 Å². The molecule has 0 radical (unpaired) electrons. The lowest BCUT2D eigenvalue weighted by Crippen LogP contribution is -2.45. The normalized spacial score (nSPS) is 17.0. The first-order chi connectivity index (χ1) is 14.2. The number of carbonyl (C=O) groups excluding carboxylic acids is 1. The maximum Gasteiger partial charge on any atom is 0.246 e. The van der Waals surface area contributed by atoms with Gasteiger partial charge >= 0.3 is 0 Å². The topological polar surface area (TPSA) is 77.0 Å². The number of nitrogens with zero attached hydrogens (tertiary/aromatic N) is 4. The van der Waals surface area contributed by atoms with Crippen LogP contribution in [-0.2, 0) is 11.3 Å². The Labute approximate surface area is 170 Å². The zero-order valence-electron chi connectivity index (χ0n) is 16.3. The summed E-state index contributed by atoms with van der Waals surface area (Å²) in [7, 11) is 0. The summed E-state index contributed by atoms with van der Waals surface area (Å²) < 4.78 is 1.90. The van der Waals surface area contributed by atoms with Crippen molar-refractivity contribution in [1.82, 2.24) is 19.7 Å². The van der Waals surface area contributed by atoms with E-state index in [1.807, 2.05) is 52.2 Å². The van der Waals surface area contributed by atoms with Gasteiger partial charge in [-0.2, -0.15) is 5.10 Å². The van der Waals surface area contributed by atoms with Gasteiger partial charge < -0.3 is 10.6 Å². The van der Waals surface area contributed by atoms with Crippen LogP contribution in [0.2, 0.25) is 0 Å². The fraction of sp³-hybridized carbons (Fsp3) is 0.261. The van der Waals surface area contributed by atoms with Crippen molar-refractivity contribution in [2.24, 2.45) is 5.73 Å². The zero-order chi connectivity index (χ0) is 20.1. The van der Waals surface area contributed by atoms with Crippen LogP contribution in [-0.4, -0.2) is 44.7 Å². The van der Waals surface area contributed by atoms with Crippen LogP contribution >= 0.6 is 0 Å². The molecule has 3 aromatic rings. The largest absolute Gasteiger partial charge is 0.338 e. The van der Waals surface area contributed by atoms with Gasteiger partial charge in [0.1, 0.15) is 5.69 Å². The monoisotopic (exact) mass is 387 g/mol. The van der Waals surface area contributed by atoms with E-state index in [4.69, 9.17) is 10.8 Å². The van der Waals surface area contributed by atoms with Gasteiger partial charge in [0, 0.05) is 54.9 Å². The lowest BCUT2D eigenvalue weighted by Gasteiger charge is -2.29. The number of aromatic nitrogens is 3. The fourth-order valence-electron chi connectivity index (χ4n) is 3.61. The predicted molar refractivity (Wildman–Crippen MR) is 114 cm³/mol. The van der Waals surface area contributed by atoms with Gasteiger partial charge in [-0.1, -0.05) is 30.3 Å². The summed E-state index contributed by atoms with van der Waals surface area (Å²) in [6.45, 7) is 2.04. The minimum Gasteiger partial charge on any atom is -0.338 e. The quantitative estimate of drug-likeness (QED) is 0.683. The highest BCUT2D eigenvalue weighted by molar-refractivity contribution is 5.93. The molecule has 0 bridgehead atoms. The molecule has 3 heterocycles. The Morgan fingerprint density at radius 3 is 2.83 bits per heavy atom. The summed E-state index contributed by atoms with van der Waals surface area (Å²) in [5, 5.41) is 4.76.